The first-order chi connectivity index (χ1) is 14.2. The van der Waals surface area contributed by atoms with Crippen molar-refractivity contribution in [1.29, 1.82) is 0 Å². The van der Waals surface area contributed by atoms with Crippen LogP contribution in [0.25, 0.3) is 0 Å². The number of benzene rings is 1. The monoisotopic (exact) mass is 460 g/mol. The number of carbonyl (C=O) groups excluding carboxylic acids is 2. The van der Waals surface area contributed by atoms with Gasteiger partial charge in [0.15, 0.2) is 0 Å². The molecule has 2 saturated heterocycles. The van der Waals surface area contributed by atoms with Gasteiger partial charge in [-0.1, -0.05) is 17.7 Å². The Balaban J connectivity index is 1.54. The van der Waals surface area contributed by atoms with Gasteiger partial charge >= 0.3 is 5.97 Å². The Hall–Kier alpha value is -1.71. The fraction of sp³-hybridized carbons (Fsp3) is 0.600. The van der Waals surface area contributed by atoms with Gasteiger partial charge in [0.25, 0.3) is 0 Å². The van der Waals surface area contributed by atoms with Gasteiger partial charge < -0.3 is 9.64 Å². The molecule has 0 radical (unpaired) electrons. The first-order valence-corrected chi connectivity index (χ1v) is 12.0. The number of ether oxygens (including phenoxy) is 1. The summed E-state index contributed by atoms with van der Waals surface area (Å²) >= 11 is 5.96. The third-order valence-corrected chi connectivity index (χ3v) is 8.09. The number of likely N-dealkylation sites (tertiary alicyclic amines) is 1. The van der Waals surface area contributed by atoms with Gasteiger partial charge in [-0.25, -0.2) is 17.1 Å². The lowest BCUT2D eigenvalue weighted by atomic mass is 9.92. The minimum absolute atomic E-state index is 0.00696. The quantitative estimate of drug-likeness (QED) is 0.630. The van der Waals surface area contributed by atoms with E-state index in [-0.39, 0.29) is 47.4 Å². The number of hydrogen-bond acceptors (Lipinski definition) is 5. The Kier molecular flexibility index (Phi) is 7.36. The summed E-state index contributed by atoms with van der Waals surface area (Å²) in [7, 11) is -2.38. The highest BCUT2D eigenvalue weighted by Gasteiger charge is 2.35. The fourth-order valence-corrected chi connectivity index (χ4v) is 6.00. The minimum atomic E-state index is -3.74. The second kappa shape index (κ2) is 9.62. The molecular formula is C20H26ClFN2O5S. The van der Waals surface area contributed by atoms with E-state index in [0.29, 0.717) is 38.8 Å². The first-order valence-electron chi connectivity index (χ1n) is 10.00. The van der Waals surface area contributed by atoms with Crippen LogP contribution in [-0.2, 0) is 30.1 Å². The van der Waals surface area contributed by atoms with Crippen molar-refractivity contribution >= 4 is 33.5 Å². The molecule has 0 aliphatic carbocycles. The Labute approximate surface area is 181 Å². The summed E-state index contributed by atoms with van der Waals surface area (Å²) in [6.07, 6.45) is 1.99. The molecule has 0 N–H and O–H groups in total. The third kappa shape index (κ3) is 5.12. The number of nitrogens with zero attached hydrogens (tertiary/aromatic N) is 2. The highest BCUT2D eigenvalue weighted by molar-refractivity contribution is 7.88. The number of amides is 1. The van der Waals surface area contributed by atoms with Crippen LogP contribution < -0.4 is 0 Å². The first kappa shape index (κ1) is 23.0. The van der Waals surface area contributed by atoms with E-state index in [0.717, 1.165) is 0 Å². The van der Waals surface area contributed by atoms with Gasteiger partial charge in [-0.05, 0) is 37.8 Å². The van der Waals surface area contributed by atoms with Gasteiger partial charge in [0.2, 0.25) is 15.9 Å². The molecule has 2 fully saturated rings. The van der Waals surface area contributed by atoms with Crippen molar-refractivity contribution < 1.29 is 27.1 Å². The standard InChI is InChI=1S/C20H26ClFN2O5S/c1-29-20(26)15-5-9-23(10-6-15)19(25)14-7-11-24(12-8-14)30(27,28)13-16-17(21)3-2-4-18(16)22/h2-4,14-15H,5-13H2,1H3. The summed E-state index contributed by atoms with van der Waals surface area (Å²) in [6, 6.07) is 4.08. The highest BCUT2D eigenvalue weighted by atomic mass is 35.5. The molecule has 30 heavy (non-hydrogen) atoms. The van der Waals surface area contributed by atoms with E-state index >= 15 is 0 Å². The second-order valence-corrected chi connectivity index (χ2v) is 10.1. The summed E-state index contributed by atoms with van der Waals surface area (Å²) in [4.78, 5) is 26.2. The Bertz CT molecular complexity index is 874. The van der Waals surface area contributed by atoms with Crippen LogP contribution in [0.4, 0.5) is 4.39 Å². The van der Waals surface area contributed by atoms with E-state index < -0.39 is 21.6 Å². The summed E-state index contributed by atoms with van der Waals surface area (Å²) in [5.74, 6) is -1.80. The average Bonchev–Trinajstić information content (AvgIpc) is 2.75. The maximum Gasteiger partial charge on any atom is 0.308 e. The normalized spacial score (nSPS) is 19.6. The van der Waals surface area contributed by atoms with E-state index in [4.69, 9.17) is 16.3 Å². The van der Waals surface area contributed by atoms with Gasteiger partial charge in [-0.3, -0.25) is 9.59 Å². The maximum atomic E-state index is 14.0. The molecule has 0 unspecified atom stereocenters. The molecule has 2 aliphatic heterocycles. The van der Waals surface area contributed by atoms with Gasteiger partial charge in [0, 0.05) is 42.7 Å². The molecular weight excluding hydrogens is 435 g/mol. The lowest BCUT2D eigenvalue weighted by Crippen LogP contribution is -2.47. The number of halogens is 2. The van der Waals surface area contributed by atoms with Crippen LogP contribution in [0.5, 0.6) is 0 Å². The predicted molar refractivity (Wildman–Crippen MR) is 110 cm³/mol. The number of piperidine rings is 2. The highest BCUT2D eigenvalue weighted by Crippen LogP contribution is 2.28. The second-order valence-electron chi connectivity index (χ2n) is 7.75. The number of hydrogen-bond donors (Lipinski definition) is 0. The molecule has 0 atom stereocenters. The van der Waals surface area contributed by atoms with E-state index in [1.54, 1.807) is 4.90 Å². The molecule has 1 amide bonds. The van der Waals surface area contributed by atoms with Crippen molar-refractivity contribution in [3.63, 3.8) is 0 Å². The van der Waals surface area contributed by atoms with Crippen molar-refractivity contribution in [3.05, 3.63) is 34.6 Å². The maximum absolute atomic E-state index is 14.0. The fourth-order valence-electron chi connectivity index (χ4n) is 4.09. The van der Waals surface area contributed by atoms with Crippen molar-refractivity contribution in [2.24, 2.45) is 11.8 Å². The van der Waals surface area contributed by atoms with Crippen LogP contribution in [0, 0.1) is 17.7 Å². The lowest BCUT2D eigenvalue weighted by Gasteiger charge is -2.36. The zero-order valence-electron chi connectivity index (χ0n) is 16.9. The van der Waals surface area contributed by atoms with E-state index in [9.17, 15) is 22.4 Å². The van der Waals surface area contributed by atoms with Crippen molar-refractivity contribution in [2.45, 2.75) is 31.4 Å². The molecule has 2 heterocycles. The zero-order valence-corrected chi connectivity index (χ0v) is 18.4. The van der Waals surface area contributed by atoms with Crippen LogP contribution >= 0.6 is 11.6 Å². The zero-order chi connectivity index (χ0) is 21.9. The Morgan fingerprint density at radius 3 is 2.27 bits per heavy atom. The smallest absolute Gasteiger partial charge is 0.308 e. The third-order valence-electron chi connectivity index (χ3n) is 5.93. The molecule has 7 nitrogen and oxygen atoms in total. The van der Waals surface area contributed by atoms with Gasteiger partial charge in [0.05, 0.1) is 18.8 Å². The number of rotatable bonds is 5. The SMILES string of the molecule is COC(=O)C1CCN(C(=O)C2CCN(S(=O)(=O)Cc3c(F)cccc3Cl)CC2)CC1. The van der Waals surface area contributed by atoms with Crippen LogP contribution in [0.15, 0.2) is 18.2 Å². The van der Waals surface area contributed by atoms with Gasteiger partial charge in [-0.2, -0.15) is 0 Å². The molecule has 166 valence electrons. The van der Waals surface area contributed by atoms with Crippen molar-refractivity contribution in [2.75, 3.05) is 33.3 Å². The van der Waals surface area contributed by atoms with Crippen molar-refractivity contribution in [1.82, 2.24) is 9.21 Å². The number of sulfonamides is 1. The topological polar surface area (TPSA) is 84.0 Å². The van der Waals surface area contributed by atoms with Crippen LogP contribution in [0.1, 0.15) is 31.2 Å². The van der Waals surface area contributed by atoms with Gasteiger partial charge in [0.1, 0.15) is 5.82 Å². The van der Waals surface area contributed by atoms with Crippen molar-refractivity contribution in [3.8, 4) is 0 Å². The number of carbonyl (C=O) groups is 2. The molecule has 0 aromatic heterocycles. The molecule has 0 bridgehead atoms. The molecule has 2 aliphatic rings. The van der Waals surface area contributed by atoms with Crippen LogP contribution in [0.2, 0.25) is 5.02 Å². The molecule has 0 spiro atoms. The molecule has 1 aromatic carbocycles. The molecule has 0 saturated carbocycles. The number of methoxy groups -OCH3 is 1. The molecule has 10 heteroatoms. The summed E-state index contributed by atoms with van der Waals surface area (Å²) in [6.45, 7) is 1.43. The number of esters is 1. The summed E-state index contributed by atoms with van der Waals surface area (Å²) in [5, 5.41) is 0.0824. The van der Waals surface area contributed by atoms with E-state index in [1.807, 2.05) is 0 Å². The minimum Gasteiger partial charge on any atom is -0.469 e. The van der Waals surface area contributed by atoms with Crippen LogP contribution in [-0.4, -0.2) is 62.8 Å². The summed E-state index contributed by atoms with van der Waals surface area (Å²) in [5.41, 5.74) is -0.0363. The molecule has 3 rings (SSSR count). The van der Waals surface area contributed by atoms with Gasteiger partial charge in [-0.15, -0.1) is 0 Å². The largest absolute Gasteiger partial charge is 0.469 e. The molecule has 1 aromatic rings. The van der Waals surface area contributed by atoms with E-state index in [2.05, 4.69) is 0 Å². The van der Waals surface area contributed by atoms with E-state index in [1.165, 1.54) is 29.6 Å². The lowest BCUT2D eigenvalue weighted by molar-refractivity contribution is -0.149. The van der Waals surface area contributed by atoms with Crippen LogP contribution in [0.3, 0.4) is 0 Å². The Morgan fingerprint density at radius 1 is 1.10 bits per heavy atom. The predicted octanol–water partition coefficient (Wildman–Crippen LogP) is 2.43. The Morgan fingerprint density at radius 2 is 1.70 bits per heavy atom. The summed E-state index contributed by atoms with van der Waals surface area (Å²) < 4.78 is 45.5. The average molecular weight is 461 g/mol.